The summed E-state index contributed by atoms with van der Waals surface area (Å²) in [6, 6.07) is 18.6. The van der Waals surface area contributed by atoms with Crippen LogP contribution >= 0.6 is 0 Å². The average molecular weight is 368 g/mol. The third-order valence-electron chi connectivity index (χ3n) is 4.77. The van der Waals surface area contributed by atoms with Crippen molar-refractivity contribution in [2.75, 3.05) is 0 Å². The SMILES string of the molecule is CC(C)Oc1ccc(-n2cnc3cnc(-c4ccc5[nH]ccc5c4)cc32)cc1. The number of hydrogen-bond donors (Lipinski definition) is 1. The molecule has 0 aliphatic rings. The van der Waals surface area contributed by atoms with Crippen molar-refractivity contribution in [1.82, 2.24) is 19.5 Å². The number of imidazole rings is 1. The van der Waals surface area contributed by atoms with Gasteiger partial charge in [0, 0.05) is 28.4 Å². The summed E-state index contributed by atoms with van der Waals surface area (Å²) in [7, 11) is 0. The highest BCUT2D eigenvalue weighted by Crippen LogP contribution is 2.27. The van der Waals surface area contributed by atoms with Crippen LogP contribution in [0.2, 0.25) is 0 Å². The Hall–Kier alpha value is -3.60. The van der Waals surface area contributed by atoms with E-state index < -0.39 is 0 Å². The van der Waals surface area contributed by atoms with Gasteiger partial charge in [0.2, 0.25) is 0 Å². The number of aromatic nitrogens is 4. The van der Waals surface area contributed by atoms with Gasteiger partial charge < -0.3 is 9.72 Å². The molecule has 28 heavy (non-hydrogen) atoms. The molecule has 5 rings (SSSR count). The van der Waals surface area contributed by atoms with Crippen molar-refractivity contribution in [2.24, 2.45) is 0 Å². The zero-order chi connectivity index (χ0) is 19.1. The molecule has 0 saturated heterocycles. The van der Waals surface area contributed by atoms with Gasteiger partial charge in [-0.05, 0) is 62.4 Å². The predicted octanol–water partition coefficient (Wildman–Crippen LogP) is 5.36. The second-order valence-corrected chi connectivity index (χ2v) is 7.11. The summed E-state index contributed by atoms with van der Waals surface area (Å²) in [5.41, 5.74) is 6.07. The minimum absolute atomic E-state index is 0.158. The molecule has 0 radical (unpaired) electrons. The molecule has 0 atom stereocenters. The van der Waals surface area contributed by atoms with Crippen LogP contribution in [0.1, 0.15) is 13.8 Å². The van der Waals surface area contributed by atoms with Gasteiger partial charge in [0.05, 0.1) is 23.5 Å². The number of ether oxygens (including phenoxy) is 1. The predicted molar refractivity (Wildman–Crippen MR) is 112 cm³/mol. The maximum Gasteiger partial charge on any atom is 0.119 e. The number of aromatic amines is 1. The fraction of sp³-hybridized carbons (Fsp3) is 0.130. The molecule has 0 fully saturated rings. The van der Waals surface area contributed by atoms with Crippen molar-refractivity contribution in [2.45, 2.75) is 20.0 Å². The van der Waals surface area contributed by atoms with Crippen LogP contribution in [0.15, 0.2) is 73.3 Å². The summed E-state index contributed by atoms with van der Waals surface area (Å²) in [5, 5.41) is 1.17. The van der Waals surface area contributed by atoms with E-state index in [-0.39, 0.29) is 6.10 Å². The first kappa shape index (κ1) is 16.6. The second kappa shape index (κ2) is 6.53. The number of hydrogen-bond acceptors (Lipinski definition) is 3. The third-order valence-corrected chi connectivity index (χ3v) is 4.77. The first-order valence-electron chi connectivity index (χ1n) is 9.35. The van der Waals surface area contributed by atoms with Gasteiger partial charge in [0.15, 0.2) is 0 Å². The van der Waals surface area contributed by atoms with E-state index >= 15 is 0 Å². The summed E-state index contributed by atoms with van der Waals surface area (Å²) in [6.07, 6.45) is 5.78. The van der Waals surface area contributed by atoms with Crippen LogP contribution in [-0.4, -0.2) is 25.6 Å². The maximum absolute atomic E-state index is 5.74. The zero-order valence-corrected chi connectivity index (χ0v) is 15.8. The van der Waals surface area contributed by atoms with Crippen LogP contribution in [0.4, 0.5) is 0 Å². The Morgan fingerprint density at radius 3 is 2.64 bits per heavy atom. The topological polar surface area (TPSA) is 55.7 Å². The van der Waals surface area contributed by atoms with Gasteiger partial charge in [-0.2, -0.15) is 0 Å². The lowest BCUT2D eigenvalue weighted by Crippen LogP contribution is -2.05. The summed E-state index contributed by atoms with van der Waals surface area (Å²) < 4.78 is 7.82. The van der Waals surface area contributed by atoms with E-state index in [0.29, 0.717) is 0 Å². The Morgan fingerprint density at radius 2 is 1.82 bits per heavy atom. The molecule has 5 nitrogen and oxygen atoms in total. The van der Waals surface area contributed by atoms with Gasteiger partial charge in [-0.1, -0.05) is 6.07 Å². The van der Waals surface area contributed by atoms with Gasteiger partial charge in [-0.15, -0.1) is 0 Å². The third kappa shape index (κ3) is 2.91. The molecule has 5 heteroatoms. The second-order valence-electron chi connectivity index (χ2n) is 7.11. The lowest BCUT2D eigenvalue weighted by molar-refractivity contribution is 0.242. The molecule has 0 aliphatic heterocycles. The van der Waals surface area contributed by atoms with Crippen molar-refractivity contribution >= 4 is 21.9 Å². The summed E-state index contributed by atoms with van der Waals surface area (Å²) >= 11 is 0. The highest BCUT2D eigenvalue weighted by Gasteiger charge is 2.09. The van der Waals surface area contributed by atoms with Gasteiger partial charge in [0.1, 0.15) is 17.6 Å². The largest absolute Gasteiger partial charge is 0.491 e. The van der Waals surface area contributed by atoms with E-state index in [2.05, 4.69) is 49.9 Å². The first-order valence-corrected chi connectivity index (χ1v) is 9.35. The molecule has 0 bridgehead atoms. The Labute approximate surface area is 162 Å². The van der Waals surface area contributed by atoms with Gasteiger partial charge >= 0.3 is 0 Å². The fourth-order valence-corrected chi connectivity index (χ4v) is 3.45. The van der Waals surface area contributed by atoms with E-state index in [4.69, 9.17) is 4.74 Å². The molecule has 0 unspecified atom stereocenters. The quantitative estimate of drug-likeness (QED) is 0.465. The van der Waals surface area contributed by atoms with E-state index in [1.54, 1.807) is 0 Å². The van der Waals surface area contributed by atoms with Gasteiger partial charge in [0.25, 0.3) is 0 Å². The Bertz CT molecular complexity index is 1270. The Kier molecular flexibility index (Phi) is 3.86. The maximum atomic E-state index is 5.74. The monoisotopic (exact) mass is 368 g/mol. The standard InChI is InChI=1S/C23H20N4O/c1-15(2)28-19-6-4-18(5-7-19)27-14-26-22-13-25-21(12-23(22)27)16-3-8-20-17(11-16)9-10-24-20/h3-15,24H,1-2H3. The molecule has 5 aromatic rings. The van der Waals surface area contributed by atoms with Gasteiger partial charge in [-0.25, -0.2) is 4.98 Å². The van der Waals surface area contributed by atoms with Crippen LogP contribution in [-0.2, 0) is 0 Å². The normalized spacial score (nSPS) is 11.5. The number of benzene rings is 2. The lowest BCUT2D eigenvalue weighted by Gasteiger charge is -2.11. The van der Waals surface area contributed by atoms with Crippen molar-refractivity contribution in [3.63, 3.8) is 0 Å². The van der Waals surface area contributed by atoms with Crippen LogP contribution in [0, 0.1) is 0 Å². The molecule has 0 amide bonds. The first-order chi connectivity index (χ1) is 13.7. The fourth-order valence-electron chi connectivity index (χ4n) is 3.45. The summed E-state index contributed by atoms with van der Waals surface area (Å²) in [5.74, 6) is 0.866. The number of pyridine rings is 1. The van der Waals surface area contributed by atoms with E-state index in [1.165, 1.54) is 5.39 Å². The number of nitrogens with zero attached hydrogens (tertiary/aromatic N) is 3. The van der Waals surface area contributed by atoms with E-state index in [0.717, 1.165) is 39.2 Å². The Balaban J connectivity index is 1.56. The number of fused-ring (bicyclic) bond motifs is 2. The minimum atomic E-state index is 0.158. The molecule has 3 heterocycles. The van der Waals surface area contributed by atoms with Crippen LogP contribution < -0.4 is 4.74 Å². The molecule has 0 saturated carbocycles. The molecule has 2 aromatic carbocycles. The molecule has 138 valence electrons. The smallest absolute Gasteiger partial charge is 0.119 e. The number of nitrogens with one attached hydrogen (secondary N) is 1. The van der Waals surface area contributed by atoms with Crippen molar-refractivity contribution in [3.05, 3.63) is 73.3 Å². The van der Waals surface area contributed by atoms with Crippen LogP contribution in [0.3, 0.4) is 0 Å². The molecular weight excluding hydrogens is 348 g/mol. The molecular formula is C23H20N4O. The minimum Gasteiger partial charge on any atom is -0.491 e. The van der Waals surface area contributed by atoms with Crippen LogP contribution in [0.5, 0.6) is 5.75 Å². The van der Waals surface area contributed by atoms with Crippen molar-refractivity contribution in [3.8, 4) is 22.7 Å². The highest BCUT2D eigenvalue weighted by molar-refractivity contribution is 5.87. The zero-order valence-electron chi connectivity index (χ0n) is 15.8. The van der Waals surface area contributed by atoms with Crippen molar-refractivity contribution in [1.29, 1.82) is 0 Å². The lowest BCUT2D eigenvalue weighted by atomic mass is 10.1. The average Bonchev–Trinajstić information content (AvgIpc) is 3.34. The Morgan fingerprint density at radius 1 is 0.964 bits per heavy atom. The number of rotatable bonds is 4. The number of H-pyrrole nitrogens is 1. The van der Waals surface area contributed by atoms with Gasteiger partial charge in [-0.3, -0.25) is 9.55 Å². The highest BCUT2D eigenvalue weighted by atomic mass is 16.5. The summed E-state index contributed by atoms with van der Waals surface area (Å²) in [6.45, 7) is 4.05. The summed E-state index contributed by atoms with van der Waals surface area (Å²) in [4.78, 5) is 12.3. The van der Waals surface area contributed by atoms with Crippen molar-refractivity contribution < 1.29 is 4.74 Å². The molecule has 3 aromatic heterocycles. The molecule has 0 spiro atoms. The van der Waals surface area contributed by atoms with E-state index in [9.17, 15) is 0 Å². The van der Waals surface area contributed by atoms with Crippen LogP contribution in [0.25, 0.3) is 38.9 Å². The van der Waals surface area contributed by atoms with E-state index in [1.807, 2.05) is 56.8 Å². The molecule has 0 aliphatic carbocycles. The molecule has 1 N–H and O–H groups in total.